The Morgan fingerprint density at radius 3 is 2.44 bits per heavy atom. The Morgan fingerprint density at radius 2 is 1.83 bits per heavy atom. The van der Waals surface area contributed by atoms with E-state index in [9.17, 15) is 5.11 Å². The van der Waals surface area contributed by atoms with Crippen molar-refractivity contribution >= 4 is 0 Å². The van der Waals surface area contributed by atoms with Crippen LogP contribution in [0.3, 0.4) is 0 Å². The fourth-order valence-corrected chi connectivity index (χ4v) is 2.23. The van der Waals surface area contributed by atoms with Crippen LogP contribution in [0.15, 0.2) is 18.2 Å². The van der Waals surface area contributed by atoms with Crippen molar-refractivity contribution in [1.82, 2.24) is 0 Å². The molecule has 0 amide bonds. The molecule has 0 unspecified atom stereocenters. The molecule has 0 radical (unpaired) electrons. The third-order valence-corrected chi connectivity index (χ3v) is 3.56. The maximum atomic E-state index is 9.72. The highest BCUT2D eigenvalue weighted by Crippen LogP contribution is 2.34. The smallest absolute Gasteiger partial charge is 0.122 e. The average Bonchev–Trinajstić information content (AvgIpc) is 2.34. The number of phenolic OH excluding ortho intramolecular Hbond substituents is 1. The number of hydrogen-bond acceptors (Lipinski definition) is 2. The Labute approximate surface area is 111 Å². The molecular formula is C16H26O2. The van der Waals surface area contributed by atoms with Crippen molar-refractivity contribution in [3.63, 3.8) is 0 Å². The van der Waals surface area contributed by atoms with Gasteiger partial charge < -0.3 is 9.84 Å². The molecule has 2 nitrogen and oxygen atoms in total. The summed E-state index contributed by atoms with van der Waals surface area (Å²) >= 11 is 0. The van der Waals surface area contributed by atoms with Crippen LogP contribution in [-0.4, -0.2) is 12.2 Å². The van der Waals surface area contributed by atoms with Crippen LogP contribution in [0.1, 0.15) is 58.4 Å². The summed E-state index contributed by atoms with van der Waals surface area (Å²) in [6.45, 7) is 6.69. The lowest BCUT2D eigenvalue weighted by Gasteiger charge is -2.26. The second-order valence-corrected chi connectivity index (χ2v) is 5.61. The fraction of sp³-hybridized carbons (Fsp3) is 0.625. The summed E-state index contributed by atoms with van der Waals surface area (Å²) < 4.78 is 5.21. The van der Waals surface area contributed by atoms with Crippen molar-refractivity contribution < 1.29 is 9.84 Å². The summed E-state index contributed by atoms with van der Waals surface area (Å²) in [6, 6.07) is 5.53. The molecule has 18 heavy (non-hydrogen) atoms. The lowest BCUT2D eigenvalue weighted by atomic mass is 9.80. The van der Waals surface area contributed by atoms with Gasteiger partial charge in [0.25, 0.3) is 0 Å². The topological polar surface area (TPSA) is 29.5 Å². The minimum absolute atomic E-state index is 0.0831. The molecule has 0 atom stereocenters. The number of unbranched alkanes of at least 4 members (excludes halogenated alkanes) is 3. The van der Waals surface area contributed by atoms with Crippen molar-refractivity contribution in [2.75, 3.05) is 7.11 Å². The average molecular weight is 250 g/mol. The lowest BCUT2D eigenvalue weighted by Crippen LogP contribution is -2.17. The van der Waals surface area contributed by atoms with Crippen molar-refractivity contribution in [3.05, 3.63) is 23.8 Å². The van der Waals surface area contributed by atoms with E-state index in [0.717, 1.165) is 17.7 Å². The van der Waals surface area contributed by atoms with Crippen molar-refractivity contribution in [2.45, 2.75) is 58.3 Å². The van der Waals surface area contributed by atoms with Crippen LogP contribution in [0.25, 0.3) is 0 Å². The van der Waals surface area contributed by atoms with E-state index in [1.54, 1.807) is 13.2 Å². The number of hydrogen-bond donors (Lipinski definition) is 1. The van der Waals surface area contributed by atoms with E-state index in [-0.39, 0.29) is 11.2 Å². The minimum atomic E-state index is 0.0831. The second kappa shape index (κ2) is 6.67. The first kappa shape index (κ1) is 14.9. The van der Waals surface area contributed by atoms with Crippen LogP contribution >= 0.6 is 0 Å². The van der Waals surface area contributed by atoms with Crippen molar-refractivity contribution in [3.8, 4) is 11.5 Å². The highest BCUT2D eigenvalue weighted by atomic mass is 16.5. The predicted octanol–water partition coefficient (Wildman–Crippen LogP) is 4.65. The highest BCUT2D eigenvalue weighted by Gasteiger charge is 2.21. The second-order valence-electron chi connectivity index (χ2n) is 5.61. The molecule has 0 saturated carbocycles. The van der Waals surface area contributed by atoms with E-state index in [0.29, 0.717) is 0 Å². The molecule has 0 saturated heterocycles. The molecule has 0 aliphatic rings. The SMILES string of the molecule is CCCCCCC(C)(C)c1cc(O)cc(OC)c1. The van der Waals surface area contributed by atoms with Crippen LogP contribution in [0.5, 0.6) is 11.5 Å². The molecule has 1 aromatic rings. The van der Waals surface area contributed by atoms with Gasteiger partial charge in [0.1, 0.15) is 11.5 Å². The maximum Gasteiger partial charge on any atom is 0.122 e. The van der Waals surface area contributed by atoms with Gasteiger partial charge in [-0.05, 0) is 29.5 Å². The highest BCUT2D eigenvalue weighted by molar-refractivity contribution is 5.40. The maximum absolute atomic E-state index is 9.72. The monoisotopic (exact) mass is 250 g/mol. The van der Waals surface area contributed by atoms with Gasteiger partial charge in [-0.25, -0.2) is 0 Å². The molecule has 0 bridgehead atoms. The van der Waals surface area contributed by atoms with Crippen LogP contribution in [0, 0.1) is 0 Å². The summed E-state index contributed by atoms with van der Waals surface area (Å²) in [4.78, 5) is 0. The Bertz CT molecular complexity index is 369. The summed E-state index contributed by atoms with van der Waals surface area (Å²) in [5.41, 5.74) is 1.23. The molecule has 0 spiro atoms. The van der Waals surface area contributed by atoms with Crippen LogP contribution in [0.4, 0.5) is 0 Å². The van der Waals surface area contributed by atoms with E-state index < -0.39 is 0 Å². The van der Waals surface area contributed by atoms with Crippen molar-refractivity contribution in [2.24, 2.45) is 0 Å². The van der Waals surface area contributed by atoms with Crippen LogP contribution < -0.4 is 4.74 Å². The summed E-state index contributed by atoms with van der Waals surface area (Å²) in [7, 11) is 1.63. The molecule has 1 rings (SSSR count). The van der Waals surface area contributed by atoms with Gasteiger partial charge in [0.05, 0.1) is 7.11 Å². The normalized spacial score (nSPS) is 11.6. The molecule has 102 valence electrons. The molecule has 0 aliphatic carbocycles. The van der Waals surface area contributed by atoms with Gasteiger partial charge in [-0.3, -0.25) is 0 Å². The largest absolute Gasteiger partial charge is 0.508 e. The Hall–Kier alpha value is -1.18. The molecule has 2 heteroatoms. The number of phenols is 1. The molecule has 0 aliphatic heterocycles. The quantitative estimate of drug-likeness (QED) is 0.714. The fourth-order valence-electron chi connectivity index (χ4n) is 2.23. The molecular weight excluding hydrogens is 224 g/mol. The zero-order chi connectivity index (χ0) is 13.6. The first-order valence-electron chi connectivity index (χ1n) is 6.88. The van der Waals surface area contributed by atoms with E-state index in [4.69, 9.17) is 4.74 Å². The van der Waals surface area contributed by atoms with Gasteiger partial charge >= 0.3 is 0 Å². The van der Waals surface area contributed by atoms with E-state index in [1.807, 2.05) is 12.1 Å². The number of aromatic hydroxyl groups is 1. The molecule has 0 aromatic heterocycles. The summed E-state index contributed by atoms with van der Waals surface area (Å²) in [5, 5.41) is 9.72. The van der Waals surface area contributed by atoms with E-state index in [1.165, 1.54) is 25.7 Å². The van der Waals surface area contributed by atoms with Gasteiger partial charge in [-0.1, -0.05) is 46.5 Å². The molecule has 1 N–H and O–H groups in total. The number of ether oxygens (including phenoxy) is 1. The molecule has 1 aromatic carbocycles. The lowest BCUT2D eigenvalue weighted by molar-refractivity contribution is 0.398. The van der Waals surface area contributed by atoms with Gasteiger partial charge in [-0.2, -0.15) is 0 Å². The van der Waals surface area contributed by atoms with Crippen molar-refractivity contribution in [1.29, 1.82) is 0 Å². The molecule has 0 fully saturated rings. The van der Waals surface area contributed by atoms with Crippen LogP contribution in [0.2, 0.25) is 0 Å². The number of rotatable bonds is 7. The zero-order valence-electron chi connectivity index (χ0n) is 12.1. The standard InChI is InChI=1S/C16H26O2/c1-5-6-7-8-9-16(2,3)13-10-14(17)12-15(11-13)18-4/h10-12,17H,5-9H2,1-4H3. The van der Waals surface area contributed by atoms with Crippen LogP contribution in [-0.2, 0) is 5.41 Å². The number of methoxy groups -OCH3 is 1. The van der Waals surface area contributed by atoms with E-state index >= 15 is 0 Å². The van der Waals surface area contributed by atoms with Gasteiger partial charge in [0, 0.05) is 6.07 Å². The van der Waals surface area contributed by atoms with Gasteiger partial charge in [0.15, 0.2) is 0 Å². The van der Waals surface area contributed by atoms with Gasteiger partial charge in [0.2, 0.25) is 0 Å². The first-order chi connectivity index (χ1) is 8.49. The zero-order valence-corrected chi connectivity index (χ0v) is 12.1. The Kier molecular flexibility index (Phi) is 5.52. The third-order valence-electron chi connectivity index (χ3n) is 3.56. The van der Waals surface area contributed by atoms with E-state index in [2.05, 4.69) is 20.8 Å². The van der Waals surface area contributed by atoms with Gasteiger partial charge in [-0.15, -0.1) is 0 Å². The number of benzene rings is 1. The minimum Gasteiger partial charge on any atom is -0.508 e. The summed E-state index contributed by atoms with van der Waals surface area (Å²) in [5.74, 6) is 1.01. The first-order valence-corrected chi connectivity index (χ1v) is 6.88. The Balaban J connectivity index is 2.73. The molecule has 0 heterocycles. The predicted molar refractivity (Wildman–Crippen MR) is 76.4 cm³/mol. The summed E-state index contributed by atoms with van der Waals surface area (Å²) in [6.07, 6.45) is 6.23. The Morgan fingerprint density at radius 1 is 1.11 bits per heavy atom. The third kappa shape index (κ3) is 4.25.